The van der Waals surface area contributed by atoms with Gasteiger partial charge in [0.1, 0.15) is 5.75 Å². The van der Waals surface area contributed by atoms with Crippen molar-refractivity contribution in [1.82, 2.24) is 5.32 Å². The molecule has 0 radical (unpaired) electrons. The summed E-state index contributed by atoms with van der Waals surface area (Å²) in [5.74, 6) is 0.0176. The van der Waals surface area contributed by atoms with Gasteiger partial charge in [0.05, 0.1) is 12.7 Å². The zero-order chi connectivity index (χ0) is 18.4. The van der Waals surface area contributed by atoms with Gasteiger partial charge in [0, 0.05) is 25.3 Å². The topological polar surface area (TPSA) is 70.7 Å². The molecule has 2 amide bonds. The molecule has 2 N–H and O–H groups in total. The lowest BCUT2D eigenvalue weighted by atomic mass is 10.2. The molecule has 0 atom stereocenters. The van der Waals surface area contributed by atoms with Gasteiger partial charge in [-0.1, -0.05) is 18.2 Å². The summed E-state index contributed by atoms with van der Waals surface area (Å²) < 4.78 is 5.17. The highest BCUT2D eigenvalue weighted by Gasteiger charge is 2.13. The van der Waals surface area contributed by atoms with Crippen molar-refractivity contribution >= 4 is 40.5 Å². The summed E-state index contributed by atoms with van der Waals surface area (Å²) in [4.78, 5) is 25.3. The van der Waals surface area contributed by atoms with E-state index in [4.69, 9.17) is 17.0 Å². The summed E-state index contributed by atoms with van der Waals surface area (Å²) >= 11 is 5.19. The maximum absolute atomic E-state index is 12.3. The summed E-state index contributed by atoms with van der Waals surface area (Å²) in [6, 6.07) is 14.0. The van der Waals surface area contributed by atoms with E-state index >= 15 is 0 Å². The normalized spacial score (nSPS) is 9.88. The molecule has 0 aliphatic heterocycles. The molecule has 0 saturated carbocycles. The first-order valence-electron chi connectivity index (χ1n) is 7.52. The van der Waals surface area contributed by atoms with Gasteiger partial charge in [0.25, 0.3) is 5.91 Å². The number of ether oxygens (including phenoxy) is 1. The second-order valence-electron chi connectivity index (χ2n) is 5.24. The van der Waals surface area contributed by atoms with Gasteiger partial charge in [0.15, 0.2) is 5.11 Å². The number of nitrogens with one attached hydrogen (secondary N) is 2. The first kappa shape index (κ1) is 18.4. The zero-order valence-corrected chi connectivity index (χ0v) is 15.0. The van der Waals surface area contributed by atoms with Gasteiger partial charge in [-0.05, 0) is 42.5 Å². The Hall–Kier alpha value is -2.93. The monoisotopic (exact) mass is 357 g/mol. The van der Waals surface area contributed by atoms with Gasteiger partial charge in [0.2, 0.25) is 5.91 Å². The van der Waals surface area contributed by atoms with Crippen LogP contribution in [0.2, 0.25) is 0 Å². The largest absolute Gasteiger partial charge is 0.496 e. The molecular weight excluding hydrogens is 338 g/mol. The number of carbonyl (C=O) groups is 2. The van der Waals surface area contributed by atoms with Gasteiger partial charge >= 0.3 is 0 Å². The van der Waals surface area contributed by atoms with Gasteiger partial charge in [-0.25, -0.2) is 0 Å². The molecule has 0 heterocycles. The van der Waals surface area contributed by atoms with Crippen molar-refractivity contribution in [3.8, 4) is 5.75 Å². The molecule has 6 nitrogen and oxygen atoms in total. The predicted molar refractivity (Wildman–Crippen MR) is 102 cm³/mol. The number of methoxy groups -OCH3 is 1. The number of para-hydroxylation sites is 1. The Morgan fingerprint density at radius 3 is 2.52 bits per heavy atom. The summed E-state index contributed by atoms with van der Waals surface area (Å²) in [5.41, 5.74) is 1.77. The van der Waals surface area contributed by atoms with Crippen molar-refractivity contribution in [3.05, 3.63) is 54.1 Å². The standard InChI is InChI=1S/C18H19N3O3S/c1-12(22)21(2)14-8-6-7-13(11-14)19-18(25)20-17(23)15-9-4-5-10-16(15)24-3/h4-11H,1-3H3,(H2,19,20,23,25). The Labute approximate surface area is 151 Å². The van der Waals surface area contributed by atoms with Crippen LogP contribution < -0.4 is 20.3 Å². The fourth-order valence-electron chi connectivity index (χ4n) is 2.14. The molecule has 0 aliphatic carbocycles. The number of benzene rings is 2. The molecule has 0 saturated heterocycles. The van der Waals surface area contributed by atoms with E-state index in [2.05, 4.69) is 10.6 Å². The summed E-state index contributed by atoms with van der Waals surface area (Å²) in [6.45, 7) is 1.48. The number of carbonyl (C=O) groups excluding carboxylic acids is 2. The van der Waals surface area contributed by atoms with Crippen molar-refractivity contribution in [1.29, 1.82) is 0 Å². The number of amides is 2. The molecule has 25 heavy (non-hydrogen) atoms. The number of hydrogen-bond donors (Lipinski definition) is 2. The average molecular weight is 357 g/mol. The Morgan fingerprint density at radius 1 is 1.12 bits per heavy atom. The van der Waals surface area contributed by atoms with E-state index in [1.807, 2.05) is 6.07 Å². The Bertz CT molecular complexity index is 808. The zero-order valence-electron chi connectivity index (χ0n) is 14.2. The summed E-state index contributed by atoms with van der Waals surface area (Å²) in [7, 11) is 3.18. The molecule has 0 aromatic heterocycles. The Morgan fingerprint density at radius 2 is 1.84 bits per heavy atom. The van der Waals surface area contributed by atoms with Crippen molar-refractivity contribution < 1.29 is 14.3 Å². The van der Waals surface area contributed by atoms with Crippen LogP contribution in [-0.4, -0.2) is 31.1 Å². The van der Waals surface area contributed by atoms with Gasteiger partial charge in [-0.15, -0.1) is 0 Å². The highest BCUT2D eigenvalue weighted by Crippen LogP contribution is 2.19. The molecule has 2 aromatic rings. The third-order valence-electron chi connectivity index (χ3n) is 3.54. The molecule has 0 aliphatic rings. The molecule has 2 rings (SSSR count). The van der Waals surface area contributed by atoms with E-state index in [1.165, 1.54) is 18.9 Å². The van der Waals surface area contributed by atoms with Gasteiger partial charge in [-0.2, -0.15) is 0 Å². The molecule has 7 heteroatoms. The van der Waals surface area contributed by atoms with E-state index in [-0.39, 0.29) is 16.9 Å². The number of anilines is 2. The maximum Gasteiger partial charge on any atom is 0.261 e. The van der Waals surface area contributed by atoms with E-state index in [0.717, 1.165) is 5.69 Å². The van der Waals surface area contributed by atoms with Crippen LogP contribution in [-0.2, 0) is 4.79 Å². The van der Waals surface area contributed by atoms with E-state index in [0.29, 0.717) is 17.0 Å². The van der Waals surface area contributed by atoms with Crippen LogP contribution in [0.1, 0.15) is 17.3 Å². The lowest BCUT2D eigenvalue weighted by Crippen LogP contribution is -2.34. The van der Waals surface area contributed by atoms with Gasteiger partial charge < -0.3 is 15.0 Å². The van der Waals surface area contributed by atoms with Crippen LogP contribution in [0.25, 0.3) is 0 Å². The quantitative estimate of drug-likeness (QED) is 0.824. The van der Waals surface area contributed by atoms with Gasteiger partial charge in [-0.3, -0.25) is 14.9 Å². The summed E-state index contributed by atoms with van der Waals surface area (Å²) in [6.07, 6.45) is 0. The number of thiocarbonyl (C=S) groups is 1. The number of rotatable bonds is 4. The average Bonchev–Trinajstić information content (AvgIpc) is 2.60. The lowest BCUT2D eigenvalue weighted by Gasteiger charge is -2.17. The third-order valence-corrected chi connectivity index (χ3v) is 3.75. The lowest BCUT2D eigenvalue weighted by molar-refractivity contribution is -0.116. The fourth-order valence-corrected chi connectivity index (χ4v) is 2.35. The minimum Gasteiger partial charge on any atom is -0.496 e. The van der Waals surface area contributed by atoms with Crippen LogP contribution >= 0.6 is 12.2 Å². The van der Waals surface area contributed by atoms with E-state index < -0.39 is 0 Å². The number of nitrogens with zero attached hydrogens (tertiary/aromatic N) is 1. The van der Waals surface area contributed by atoms with Crippen LogP contribution in [0.5, 0.6) is 5.75 Å². The minimum absolute atomic E-state index is 0.0794. The summed E-state index contributed by atoms with van der Waals surface area (Å²) in [5, 5.41) is 5.70. The second kappa shape index (κ2) is 8.25. The van der Waals surface area contributed by atoms with Crippen molar-refractivity contribution in [2.24, 2.45) is 0 Å². The van der Waals surface area contributed by atoms with Crippen molar-refractivity contribution in [2.45, 2.75) is 6.92 Å². The maximum atomic E-state index is 12.3. The second-order valence-corrected chi connectivity index (χ2v) is 5.65. The molecular formula is C18H19N3O3S. The Kier molecular flexibility index (Phi) is 6.08. The molecule has 0 bridgehead atoms. The van der Waals surface area contributed by atoms with Crippen molar-refractivity contribution in [2.75, 3.05) is 24.4 Å². The Balaban J connectivity index is 2.06. The minimum atomic E-state index is -0.369. The van der Waals surface area contributed by atoms with E-state index in [1.54, 1.807) is 49.5 Å². The fraction of sp³-hybridized carbons (Fsp3) is 0.167. The molecule has 130 valence electrons. The first-order chi connectivity index (χ1) is 11.9. The SMILES string of the molecule is COc1ccccc1C(=O)NC(=S)Nc1cccc(N(C)C(C)=O)c1. The number of hydrogen-bond acceptors (Lipinski definition) is 4. The smallest absolute Gasteiger partial charge is 0.261 e. The molecule has 2 aromatic carbocycles. The van der Waals surface area contributed by atoms with Crippen LogP contribution in [0.3, 0.4) is 0 Å². The highest BCUT2D eigenvalue weighted by atomic mass is 32.1. The predicted octanol–water partition coefficient (Wildman–Crippen LogP) is 2.80. The molecule has 0 fully saturated rings. The molecule has 0 unspecified atom stereocenters. The third kappa shape index (κ3) is 4.77. The highest BCUT2D eigenvalue weighted by molar-refractivity contribution is 7.80. The van der Waals surface area contributed by atoms with Crippen LogP contribution in [0.15, 0.2) is 48.5 Å². The van der Waals surface area contributed by atoms with Crippen LogP contribution in [0.4, 0.5) is 11.4 Å². The molecule has 0 spiro atoms. The van der Waals surface area contributed by atoms with Crippen LogP contribution in [0, 0.1) is 0 Å². The first-order valence-corrected chi connectivity index (χ1v) is 7.93. The van der Waals surface area contributed by atoms with Crippen molar-refractivity contribution in [3.63, 3.8) is 0 Å². The van der Waals surface area contributed by atoms with E-state index in [9.17, 15) is 9.59 Å².